The van der Waals surface area contributed by atoms with Crippen LogP contribution in [0.4, 0.5) is 0 Å². The van der Waals surface area contributed by atoms with Crippen LogP contribution in [0.1, 0.15) is 0 Å². The molecular weight excluding hydrogens is 745 g/mol. The second kappa shape index (κ2) is 13.0. The Balaban J connectivity index is 1.08. The van der Waals surface area contributed by atoms with Crippen LogP contribution in [0, 0.1) is 0 Å². The van der Waals surface area contributed by atoms with Gasteiger partial charge in [0, 0.05) is 30.9 Å². The molecule has 11 aromatic carbocycles. The summed E-state index contributed by atoms with van der Waals surface area (Å²) in [7, 11) is 0. The quantitative estimate of drug-likeness (QED) is 0.162. The van der Waals surface area contributed by atoms with Crippen LogP contribution < -0.4 is 0 Å². The number of furan rings is 1. The molecule has 0 saturated heterocycles. The Morgan fingerprint density at radius 1 is 0.283 bits per heavy atom. The molecule has 0 saturated carbocycles. The topological polar surface area (TPSA) is 13.1 Å². The van der Waals surface area contributed by atoms with Crippen LogP contribution in [0.5, 0.6) is 0 Å². The molecule has 60 heavy (non-hydrogen) atoms. The molecule has 0 radical (unpaired) electrons. The lowest BCUT2D eigenvalue weighted by molar-refractivity contribution is 0.669. The van der Waals surface area contributed by atoms with E-state index in [0.717, 1.165) is 16.6 Å². The van der Waals surface area contributed by atoms with Gasteiger partial charge in [-0.1, -0.05) is 164 Å². The molecular formula is C58H34OS. The van der Waals surface area contributed by atoms with Gasteiger partial charge in [0.25, 0.3) is 0 Å². The molecule has 0 amide bonds. The standard InChI is InChI=1S/C58H34OS/c1-2-12-39-32-40(25-22-35(39)10-1)36-20-23-38(24-21-36)55-45-15-5-6-16-46(45)56(49-33-41(26-28-47(49)55)44-18-9-13-37-11-3-4-14-43(37)44)42-27-29-51-50(34-42)57-52(59-51)30-31-54-58(57)48-17-7-8-19-53(48)60-54/h1-34H. The Kier molecular flexibility index (Phi) is 7.24. The van der Waals surface area contributed by atoms with Gasteiger partial charge in [-0.25, -0.2) is 0 Å². The van der Waals surface area contributed by atoms with Crippen LogP contribution in [-0.4, -0.2) is 0 Å². The highest BCUT2D eigenvalue weighted by molar-refractivity contribution is 7.26. The fraction of sp³-hybridized carbons (Fsp3) is 0. The zero-order valence-corrected chi connectivity index (χ0v) is 33.3. The fourth-order valence-corrected chi connectivity index (χ4v) is 11.0. The van der Waals surface area contributed by atoms with Crippen molar-refractivity contribution in [2.45, 2.75) is 0 Å². The van der Waals surface area contributed by atoms with Gasteiger partial charge < -0.3 is 4.42 Å². The van der Waals surface area contributed by atoms with Gasteiger partial charge in [0.1, 0.15) is 11.2 Å². The van der Waals surface area contributed by atoms with Crippen LogP contribution in [0.3, 0.4) is 0 Å². The fourth-order valence-electron chi connectivity index (χ4n) is 9.88. The highest BCUT2D eigenvalue weighted by Gasteiger charge is 2.21. The van der Waals surface area contributed by atoms with E-state index in [1.54, 1.807) is 0 Å². The molecule has 13 aromatic rings. The van der Waals surface area contributed by atoms with Gasteiger partial charge in [-0.2, -0.15) is 0 Å². The molecule has 0 spiro atoms. The number of hydrogen-bond acceptors (Lipinski definition) is 2. The zero-order valence-electron chi connectivity index (χ0n) is 32.4. The van der Waals surface area contributed by atoms with E-state index in [9.17, 15) is 0 Å². The number of fused-ring (bicyclic) bond motifs is 11. The highest BCUT2D eigenvalue weighted by Crippen LogP contribution is 2.48. The third-order valence-corrected chi connectivity index (χ3v) is 13.8. The van der Waals surface area contributed by atoms with E-state index < -0.39 is 0 Å². The van der Waals surface area contributed by atoms with E-state index in [-0.39, 0.29) is 0 Å². The molecule has 0 aliphatic carbocycles. The normalized spacial score (nSPS) is 12.0. The van der Waals surface area contributed by atoms with Crippen molar-refractivity contribution >= 4 is 96.5 Å². The van der Waals surface area contributed by atoms with Gasteiger partial charge in [-0.05, 0) is 130 Å². The van der Waals surface area contributed by atoms with E-state index in [1.807, 2.05) is 11.3 Å². The van der Waals surface area contributed by atoms with E-state index in [0.29, 0.717) is 0 Å². The molecule has 2 aromatic heterocycles. The summed E-state index contributed by atoms with van der Waals surface area (Å²) in [6.45, 7) is 0. The monoisotopic (exact) mass is 778 g/mol. The van der Waals surface area contributed by atoms with Gasteiger partial charge in [0.2, 0.25) is 0 Å². The van der Waals surface area contributed by atoms with Crippen molar-refractivity contribution in [3.05, 3.63) is 206 Å². The van der Waals surface area contributed by atoms with Crippen molar-refractivity contribution in [1.82, 2.24) is 0 Å². The molecule has 0 bridgehead atoms. The molecule has 0 aliphatic rings. The predicted octanol–water partition coefficient (Wildman–Crippen LogP) is 17.2. The Hall–Kier alpha value is -7.52. The molecule has 1 nitrogen and oxygen atoms in total. The first-order chi connectivity index (χ1) is 29.7. The van der Waals surface area contributed by atoms with Crippen molar-refractivity contribution in [3.63, 3.8) is 0 Å². The Bertz CT molecular complexity index is 3880. The van der Waals surface area contributed by atoms with Gasteiger partial charge >= 0.3 is 0 Å². The molecule has 2 heteroatoms. The maximum atomic E-state index is 6.61. The van der Waals surface area contributed by atoms with Gasteiger partial charge in [-0.3, -0.25) is 0 Å². The summed E-state index contributed by atoms with van der Waals surface area (Å²) in [6, 6.07) is 75.9. The van der Waals surface area contributed by atoms with Crippen molar-refractivity contribution in [2.75, 3.05) is 0 Å². The Labute approximate surface area is 350 Å². The summed E-state index contributed by atoms with van der Waals surface area (Å²) in [5.74, 6) is 0. The summed E-state index contributed by atoms with van der Waals surface area (Å²) in [4.78, 5) is 0. The van der Waals surface area contributed by atoms with Crippen LogP contribution in [0.15, 0.2) is 211 Å². The largest absolute Gasteiger partial charge is 0.456 e. The number of hydrogen-bond donors (Lipinski definition) is 0. The summed E-state index contributed by atoms with van der Waals surface area (Å²) < 4.78 is 9.18. The van der Waals surface area contributed by atoms with Crippen molar-refractivity contribution < 1.29 is 4.42 Å². The van der Waals surface area contributed by atoms with Crippen LogP contribution >= 0.6 is 11.3 Å². The molecule has 0 atom stereocenters. The van der Waals surface area contributed by atoms with Crippen molar-refractivity contribution in [3.8, 4) is 44.5 Å². The molecule has 0 unspecified atom stereocenters. The first-order valence-corrected chi connectivity index (χ1v) is 21.4. The average molecular weight is 779 g/mol. The third kappa shape index (κ3) is 5.05. The van der Waals surface area contributed by atoms with Crippen LogP contribution in [0.2, 0.25) is 0 Å². The minimum Gasteiger partial charge on any atom is -0.456 e. The highest BCUT2D eigenvalue weighted by atomic mass is 32.1. The summed E-state index contributed by atoms with van der Waals surface area (Å²) in [5, 5.41) is 14.8. The van der Waals surface area contributed by atoms with Crippen LogP contribution in [-0.2, 0) is 0 Å². The zero-order chi connectivity index (χ0) is 39.3. The molecule has 0 fully saturated rings. The SMILES string of the molecule is c1ccc2cc(-c3ccc(-c4c5ccccc5c(-c5ccc6oc7ccc8sc9ccccc9c8c7c6c5)c5cc(-c6cccc7ccccc67)ccc45)cc3)ccc2c1. The van der Waals surface area contributed by atoms with Gasteiger partial charge in [0.15, 0.2) is 0 Å². The first-order valence-electron chi connectivity index (χ1n) is 20.6. The Morgan fingerprint density at radius 3 is 1.73 bits per heavy atom. The van der Waals surface area contributed by atoms with E-state index in [2.05, 4.69) is 206 Å². The predicted molar refractivity (Wildman–Crippen MR) is 258 cm³/mol. The van der Waals surface area contributed by atoms with E-state index in [1.165, 1.54) is 113 Å². The number of rotatable bonds is 4. The average Bonchev–Trinajstić information content (AvgIpc) is 3.88. The maximum absolute atomic E-state index is 6.61. The second-order valence-corrected chi connectivity index (χ2v) is 17.0. The smallest absolute Gasteiger partial charge is 0.136 e. The molecule has 0 aliphatic heterocycles. The second-order valence-electron chi connectivity index (χ2n) is 15.9. The lowest BCUT2D eigenvalue weighted by Crippen LogP contribution is -1.92. The molecule has 278 valence electrons. The minimum atomic E-state index is 0.907. The number of thiophene rings is 1. The molecule has 0 N–H and O–H groups in total. The summed E-state index contributed by atoms with van der Waals surface area (Å²) in [6.07, 6.45) is 0. The van der Waals surface area contributed by atoms with E-state index >= 15 is 0 Å². The van der Waals surface area contributed by atoms with Gasteiger partial charge in [-0.15, -0.1) is 11.3 Å². The lowest BCUT2D eigenvalue weighted by atomic mass is 9.84. The van der Waals surface area contributed by atoms with Crippen LogP contribution in [0.25, 0.3) is 130 Å². The van der Waals surface area contributed by atoms with Crippen molar-refractivity contribution in [2.24, 2.45) is 0 Å². The van der Waals surface area contributed by atoms with E-state index in [4.69, 9.17) is 4.42 Å². The first kappa shape index (κ1) is 33.5. The van der Waals surface area contributed by atoms with Gasteiger partial charge in [0.05, 0.1) is 0 Å². The minimum absolute atomic E-state index is 0.907. The molecule has 13 rings (SSSR count). The third-order valence-electron chi connectivity index (χ3n) is 12.6. The lowest BCUT2D eigenvalue weighted by Gasteiger charge is -2.19. The Morgan fingerprint density at radius 2 is 0.883 bits per heavy atom. The van der Waals surface area contributed by atoms with Crippen molar-refractivity contribution in [1.29, 1.82) is 0 Å². The summed E-state index contributed by atoms with van der Waals surface area (Å²) >= 11 is 1.85. The summed E-state index contributed by atoms with van der Waals surface area (Å²) in [5.41, 5.74) is 11.6. The molecule has 2 heterocycles. The number of benzene rings is 11. The maximum Gasteiger partial charge on any atom is 0.136 e.